The van der Waals surface area contributed by atoms with Gasteiger partial charge in [-0.05, 0) is 5.92 Å². The molecule has 1 amide bonds. The smallest absolute Gasteiger partial charge is 0.221 e. The molecular formula is C9H20N6O. The molecule has 0 fully saturated rings. The fourth-order valence-corrected chi connectivity index (χ4v) is 0.846. The third-order valence-corrected chi connectivity index (χ3v) is 1.56. The van der Waals surface area contributed by atoms with Gasteiger partial charge in [0.05, 0.1) is 6.54 Å². The highest BCUT2D eigenvalue weighted by Crippen LogP contribution is 1.89. The number of guanidine groups is 2. The first-order valence-corrected chi connectivity index (χ1v) is 5.08. The molecule has 0 radical (unpaired) electrons. The minimum Gasteiger partial charge on any atom is -0.370 e. The van der Waals surface area contributed by atoms with Crippen LogP contribution in [-0.4, -0.2) is 30.9 Å². The highest BCUT2D eigenvalue weighted by Gasteiger charge is 2.01. The zero-order valence-electron chi connectivity index (χ0n) is 9.73. The standard InChI is InChI=1S/C9H20N6O/c1-6(2)5-14-7(16)3-4-13-9(12)15-8(10)11/h6H,3-5H2,1-2H3,(H,14,16)(H6,10,11,12,13,15). The van der Waals surface area contributed by atoms with Crippen molar-refractivity contribution in [2.24, 2.45) is 33.1 Å². The summed E-state index contributed by atoms with van der Waals surface area (Å²) in [6.07, 6.45) is 0.271. The van der Waals surface area contributed by atoms with Crippen LogP contribution in [0.2, 0.25) is 0 Å². The third-order valence-electron chi connectivity index (χ3n) is 1.56. The first-order valence-electron chi connectivity index (χ1n) is 5.08. The first kappa shape index (κ1) is 14.2. The predicted molar refractivity (Wildman–Crippen MR) is 64.8 cm³/mol. The van der Waals surface area contributed by atoms with E-state index in [1.54, 1.807) is 0 Å². The van der Waals surface area contributed by atoms with E-state index in [-0.39, 0.29) is 30.8 Å². The van der Waals surface area contributed by atoms with Crippen molar-refractivity contribution < 1.29 is 4.79 Å². The molecular weight excluding hydrogens is 208 g/mol. The summed E-state index contributed by atoms with van der Waals surface area (Å²) in [4.78, 5) is 18.6. The number of hydrogen-bond acceptors (Lipinski definition) is 2. The maximum Gasteiger partial charge on any atom is 0.221 e. The van der Waals surface area contributed by atoms with Crippen molar-refractivity contribution in [2.75, 3.05) is 13.1 Å². The zero-order chi connectivity index (χ0) is 12.6. The van der Waals surface area contributed by atoms with Gasteiger partial charge in [-0.2, -0.15) is 4.99 Å². The lowest BCUT2D eigenvalue weighted by Crippen LogP contribution is -2.28. The summed E-state index contributed by atoms with van der Waals surface area (Å²) in [5.41, 5.74) is 15.5. The molecule has 0 unspecified atom stereocenters. The van der Waals surface area contributed by atoms with Crippen LogP contribution in [0.1, 0.15) is 20.3 Å². The minimum atomic E-state index is -0.148. The molecule has 16 heavy (non-hydrogen) atoms. The van der Waals surface area contributed by atoms with Gasteiger partial charge in [0.25, 0.3) is 0 Å². The predicted octanol–water partition coefficient (Wildman–Crippen LogP) is -1.26. The zero-order valence-corrected chi connectivity index (χ0v) is 9.73. The van der Waals surface area contributed by atoms with E-state index in [1.807, 2.05) is 13.8 Å². The lowest BCUT2D eigenvalue weighted by Gasteiger charge is -2.06. The molecule has 0 aromatic rings. The Hall–Kier alpha value is -1.79. The number of carbonyl (C=O) groups excluding carboxylic acids is 1. The molecule has 0 saturated carbocycles. The Morgan fingerprint density at radius 1 is 1.31 bits per heavy atom. The van der Waals surface area contributed by atoms with Crippen LogP contribution < -0.4 is 22.5 Å². The van der Waals surface area contributed by atoms with Gasteiger partial charge in [-0.25, -0.2) is 0 Å². The summed E-state index contributed by atoms with van der Waals surface area (Å²) < 4.78 is 0. The second-order valence-electron chi connectivity index (χ2n) is 3.72. The van der Waals surface area contributed by atoms with Crippen molar-refractivity contribution in [1.82, 2.24) is 5.32 Å². The molecule has 0 aromatic heterocycles. The van der Waals surface area contributed by atoms with Gasteiger partial charge in [-0.1, -0.05) is 13.8 Å². The Kier molecular flexibility index (Phi) is 6.66. The van der Waals surface area contributed by atoms with Gasteiger partial charge in [0, 0.05) is 13.0 Å². The summed E-state index contributed by atoms with van der Waals surface area (Å²) in [6.45, 7) is 4.97. The second kappa shape index (κ2) is 7.49. The van der Waals surface area contributed by atoms with Crippen LogP contribution >= 0.6 is 0 Å². The van der Waals surface area contributed by atoms with Gasteiger partial charge in [0.2, 0.25) is 11.9 Å². The van der Waals surface area contributed by atoms with E-state index in [1.165, 1.54) is 0 Å². The summed E-state index contributed by atoms with van der Waals surface area (Å²) >= 11 is 0. The van der Waals surface area contributed by atoms with Crippen LogP contribution in [0.15, 0.2) is 9.98 Å². The average Bonchev–Trinajstić information content (AvgIpc) is 2.13. The minimum absolute atomic E-state index is 0.0170. The number of aliphatic imine (C=N–C) groups is 2. The number of nitrogens with two attached hydrogens (primary N) is 3. The maximum absolute atomic E-state index is 11.2. The Balaban J connectivity index is 3.81. The van der Waals surface area contributed by atoms with E-state index in [2.05, 4.69) is 15.3 Å². The van der Waals surface area contributed by atoms with E-state index in [0.29, 0.717) is 12.5 Å². The summed E-state index contributed by atoms with van der Waals surface area (Å²) in [6, 6.07) is 0. The first-order chi connectivity index (χ1) is 7.41. The molecule has 0 aliphatic heterocycles. The topological polar surface area (TPSA) is 132 Å². The highest BCUT2D eigenvalue weighted by molar-refractivity contribution is 5.92. The van der Waals surface area contributed by atoms with E-state index in [9.17, 15) is 4.79 Å². The molecule has 0 saturated heterocycles. The van der Waals surface area contributed by atoms with Crippen molar-refractivity contribution in [1.29, 1.82) is 0 Å². The van der Waals surface area contributed by atoms with Crippen LogP contribution in [0.3, 0.4) is 0 Å². The average molecular weight is 228 g/mol. The maximum atomic E-state index is 11.2. The lowest BCUT2D eigenvalue weighted by atomic mass is 10.2. The number of carbonyl (C=O) groups is 1. The molecule has 0 atom stereocenters. The van der Waals surface area contributed by atoms with E-state index in [0.717, 1.165) is 0 Å². The molecule has 92 valence electrons. The third kappa shape index (κ3) is 8.79. The van der Waals surface area contributed by atoms with Crippen molar-refractivity contribution in [3.63, 3.8) is 0 Å². The normalized spacial score (nSPS) is 11.3. The molecule has 0 aliphatic rings. The van der Waals surface area contributed by atoms with Crippen LogP contribution in [0.5, 0.6) is 0 Å². The Labute approximate surface area is 95.2 Å². The molecule has 0 spiro atoms. The van der Waals surface area contributed by atoms with E-state index >= 15 is 0 Å². The Morgan fingerprint density at radius 2 is 1.94 bits per heavy atom. The van der Waals surface area contributed by atoms with E-state index < -0.39 is 0 Å². The highest BCUT2D eigenvalue weighted by atomic mass is 16.1. The van der Waals surface area contributed by atoms with Gasteiger partial charge in [-0.15, -0.1) is 0 Å². The molecule has 0 aliphatic carbocycles. The second-order valence-corrected chi connectivity index (χ2v) is 3.72. The van der Waals surface area contributed by atoms with Crippen LogP contribution in [-0.2, 0) is 4.79 Å². The van der Waals surface area contributed by atoms with Crippen molar-refractivity contribution in [2.45, 2.75) is 20.3 Å². The monoisotopic (exact) mass is 228 g/mol. The fraction of sp³-hybridized carbons (Fsp3) is 0.667. The molecule has 7 nitrogen and oxygen atoms in total. The molecule has 0 rings (SSSR count). The number of hydrogen-bond donors (Lipinski definition) is 4. The SMILES string of the molecule is CC(C)CNC(=O)CCN=C(N)N=C(N)N. The molecule has 7 N–H and O–H groups in total. The van der Waals surface area contributed by atoms with Gasteiger partial charge in [-0.3, -0.25) is 9.79 Å². The summed E-state index contributed by atoms with van der Waals surface area (Å²) in [7, 11) is 0. The van der Waals surface area contributed by atoms with Crippen LogP contribution in [0.25, 0.3) is 0 Å². The lowest BCUT2D eigenvalue weighted by molar-refractivity contribution is -0.121. The van der Waals surface area contributed by atoms with Gasteiger partial charge in [0.15, 0.2) is 5.96 Å². The number of rotatable bonds is 5. The molecule has 0 heterocycles. The van der Waals surface area contributed by atoms with Crippen molar-refractivity contribution in [3.8, 4) is 0 Å². The molecule has 7 heteroatoms. The molecule has 0 bridgehead atoms. The number of nitrogens with one attached hydrogen (secondary N) is 1. The van der Waals surface area contributed by atoms with Crippen molar-refractivity contribution in [3.05, 3.63) is 0 Å². The van der Waals surface area contributed by atoms with E-state index in [4.69, 9.17) is 17.2 Å². The van der Waals surface area contributed by atoms with Gasteiger partial charge < -0.3 is 22.5 Å². The van der Waals surface area contributed by atoms with Gasteiger partial charge >= 0.3 is 0 Å². The number of amides is 1. The quantitative estimate of drug-likeness (QED) is 0.345. The van der Waals surface area contributed by atoms with Crippen LogP contribution in [0.4, 0.5) is 0 Å². The fourth-order valence-electron chi connectivity index (χ4n) is 0.846. The number of nitrogens with zero attached hydrogens (tertiary/aromatic N) is 2. The molecule has 0 aromatic carbocycles. The summed E-state index contributed by atoms with van der Waals surface area (Å²) in [5, 5.41) is 2.76. The van der Waals surface area contributed by atoms with Crippen LogP contribution in [0, 0.1) is 5.92 Å². The Morgan fingerprint density at radius 3 is 2.44 bits per heavy atom. The Bertz CT molecular complexity index is 280. The largest absolute Gasteiger partial charge is 0.370 e. The van der Waals surface area contributed by atoms with Crippen molar-refractivity contribution >= 4 is 17.8 Å². The van der Waals surface area contributed by atoms with Gasteiger partial charge in [0.1, 0.15) is 0 Å². The summed E-state index contributed by atoms with van der Waals surface area (Å²) in [5.74, 6) is 0.205.